The summed E-state index contributed by atoms with van der Waals surface area (Å²) in [5, 5.41) is 11.0. The van der Waals surface area contributed by atoms with Crippen molar-refractivity contribution in [3.05, 3.63) is 461 Å². The first-order chi connectivity index (χ1) is 55.2. The predicted molar refractivity (Wildman–Crippen MR) is 475 cm³/mol. The molecule has 0 nitrogen and oxygen atoms in total. The molecule has 14 aromatic rings. The monoisotopic (exact) mass is 1450 g/mol. The fourth-order valence-corrected chi connectivity index (χ4v) is 12.6. The average Bonchev–Trinajstić information content (AvgIpc) is 0.760. The zero-order valence-corrected chi connectivity index (χ0v) is 66.2. The Morgan fingerprint density at radius 1 is 0.123 bits per heavy atom. The van der Waals surface area contributed by atoms with Crippen LogP contribution in [-0.2, 0) is 0 Å². The zero-order chi connectivity index (χ0) is 79.5. The third kappa shape index (κ3) is 21.9. The van der Waals surface area contributed by atoms with E-state index in [1.54, 1.807) is 0 Å². The van der Waals surface area contributed by atoms with Crippen LogP contribution in [-0.4, -0.2) is 0 Å². The van der Waals surface area contributed by atoms with Gasteiger partial charge in [-0.25, -0.2) is 0 Å². The van der Waals surface area contributed by atoms with Crippen LogP contribution < -0.4 is 0 Å². The molecular weight excluding hydrogens is 1370 g/mol. The molecule has 0 aliphatic heterocycles. The largest absolute Gasteiger partial charge is 0.0616 e. The number of rotatable bonds is 0. The van der Waals surface area contributed by atoms with Gasteiger partial charge in [0.15, 0.2) is 0 Å². The lowest BCUT2D eigenvalue weighted by Gasteiger charge is -2.13. The summed E-state index contributed by atoms with van der Waals surface area (Å²) < 4.78 is 0. The lowest BCUT2D eigenvalue weighted by molar-refractivity contribution is 1.42. The summed E-state index contributed by atoms with van der Waals surface area (Å²) in [7, 11) is 0. The Bertz CT molecular complexity index is 5540. The molecule has 14 rings (SSSR count). The van der Waals surface area contributed by atoms with Crippen molar-refractivity contribution in [1.82, 2.24) is 0 Å². The topological polar surface area (TPSA) is 0 Å². The van der Waals surface area contributed by atoms with Gasteiger partial charge in [-0.3, -0.25) is 0 Å². The Kier molecular flexibility index (Phi) is 24.4. The maximum atomic E-state index is 3.57. The number of aryl methyl sites for hydroxylation is 12. The molecule has 0 unspecified atom stereocenters. The van der Waals surface area contributed by atoms with E-state index < -0.39 is 0 Å². The number of fused-ring (bicyclic) bond motifs is 12. The van der Waals surface area contributed by atoms with Gasteiger partial charge in [0.2, 0.25) is 0 Å². The van der Waals surface area contributed by atoms with E-state index >= 15 is 0 Å². The molecule has 0 amide bonds. The van der Waals surface area contributed by atoms with Crippen LogP contribution in [0.25, 0.3) is 64.6 Å². The Labute approximate surface area is 675 Å². The minimum atomic E-state index is 0.650. The third-order valence-electron chi connectivity index (χ3n) is 18.4. The highest BCUT2D eigenvalue weighted by Crippen LogP contribution is 2.29. The van der Waals surface area contributed by atoms with Gasteiger partial charge >= 0.3 is 0 Å². The van der Waals surface area contributed by atoms with Gasteiger partial charge in [-0.15, -0.1) is 0 Å². The molecule has 534 valence electrons. The number of benzene rings is 13. The maximum absolute atomic E-state index is 3.57. The van der Waals surface area contributed by atoms with Crippen molar-refractivity contribution in [1.29, 1.82) is 0 Å². The van der Waals surface area contributed by atoms with Crippen LogP contribution in [0.4, 0.5) is 0 Å². The Morgan fingerprint density at radius 2 is 0.228 bits per heavy atom. The molecule has 0 aliphatic rings. The fourth-order valence-electron chi connectivity index (χ4n) is 12.6. The third-order valence-corrected chi connectivity index (χ3v) is 18.4. The zero-order valence-electron chi connectivity index (χ0n) is 66.2. The van der Waals surface area contributed by atoms with Gasteiger partial charge in [0, 0.05) is 98.0 Å². The van der Waals surface area contributed by atoms with Crippen LogP contribution >= 0.6 is 0 Å². The molecule has 0 saturated carbocycles. The van der Waals surface area contributed by atoms with E-state index in [9.17, 15) is 0 Å². The first-order valence-corrected chi connectivity index (χ1v) is 37.8. The normalized spacial score (nSPS) is 9.79. The number of hydrogen-bond acceptors (Lipinski definition) is 0. The van der Waals surface area contributed by atoms with Crippen molar-refractivity contribution in [3.63, 3.8) is 0 Å². The Hall–Kier alpha value is -15.4. The van der Waals surface area contributed by atoms with Crippen molar-refractivity contribution < 1.29 is 0 Å². The molecular formula is C114H78. The minimum absolute atomic E-state index is 0.650. The molecule has 0 heterocycles. The van der Waals surface area contributed by atoms with Gasteiger partial charge < -0.3 is 0 Å². The van der Waals surface area contributed by atoms with Crippen LogP contribution in [0.1, 0.15) is 134 Å². The van der Waals surface area contributed by atoms with Crippen molar-refractivity contribution in [2.75, 3.05) is 0 Å². The van der Waals surface area contributed by atoms with Gasteiger partial charge in [-0.05, 0) is 298 Å². The lowest BCUT2D eigenvalue weighted by Crippen LogP contribution is -2.05. The quantitative estimate of drug-likeness (QED) is 0.133. The van der Waals surface area contributed by atoms with E-state index in [1.807, 2.05) is 109 Å². The van der Waals surface area contributed by atoms with Crippen molar-refractivity contribution in [2.24, 2.45) is 0 Å². The second kappa shape index (κ2) is 36.2. The first-order valence-electron chi connectivity index (χ1n) is 37.8. The smallest absolute Gasteiger partial charge is 0.0588 e. The van der Waals surface area contributed by atoms with Crippen LogP contribution in [0.2, 0.25) is 0 Å². The second-order valence-corrected chi connectivity index (χ2v) is 29.0. The van der Waals surface area contributed by atoms with Crippen molar-refractivity contribution >= 4 is 64.6 Å². The molecule has 0 heteroatoms. The molecule has 0 aliphatic carbocycles. The molecule has 0 saturated heterocycles. The molecule has 0 fully saturated rings. The SMILES string of the molecule is Cc1cc2c#cc3cc(C)cc(c#cc4cc(C)cc(c#cc5cc(C)cc(c#cc6cc(C)cc(c#cc7cc(C)cc(c#cc(c1)c2)c7)c6)c5)c4)c3.Cc1ccc(C#Cc2c(C#Cc3ccc(C)cc3)c(C#Cc3ccc(C)cc3)c(C#Cc3ccc(C)cc3)c(C#Cc3ccc(C)cc3)c2C#Cc2ccc(C)cc2)cc1. The summed E-state index contributed by atoms with van der Waals surface area (Å²) in [4.78, 5) is 0. The van der Waals surface area contributed by atoms with Crippen molar-refractivity contribution in [3.8, 4) is 71.0 Å². The fraction of sp³-hybridized carbons (Fsp3) is 0.105. The van der Waals surface area contributed by atoms with Gasteiger partial charge in [-0.2, -0.15) is 0 Å². The summed E-state index contributed by atoms with van der Waals surface area (Å²) in [6.07, 6.45) is 0. The Morgan fingerprint density at radius 3 is 0.333 bits per heavy atom. The van der Waals surface area contributed by atoms with Gasteiger partial charge in [0.25, 0.3) is 0 Å². The Balaban J connectivity index is 0.000000200. The molecule has 0 spiro atoms. The van der Waals surface area contributed by atoms with E-state index in [2.05, 4.69) is 373 Å². The standard InChI is InChI=1S/C60H42.C54H36/c1-43-7-19-49(20-8-43)31-37-55-56(38-32-50-21-9-44(2)10-22-50)58(40-34-52-25-13-46(4)14-26-52)60(42-36-54-29-17-48(6)18-30-54)59(41-35-53-27-15-47(5)16-28-53)57(55)39-33-51-23-11-45(3)12-24-51;1-37-19-43-7-9-45-21-38(2)23-47(32-45)11-13-49-25-40(4)27-51(34-49)15-17-53-29-42(6)30-54(36-53)18-16-52-28-41(5)26-50(35-52)14-12-48-24-39(3)22-46(33-48)10-8-44(20-37)31-43/h7-30H,1-6H3;19-36H,1-6H3. The highest BCUT2D eigenvalue weighted by atomic mass is 14.2. The maximum Gasteiger partial charge on any atom is 0.0588 e. The highest BCUT2D eigenvalue weighted by Gasteiger charge is 2.21. The summed E-state index contributed by atoms with van der Waals surface area (Å²) in [6, 6.07) is 127. The highest BCUT2D eigenvalue weighted by molar-refractivity contribution is 5.80. The van der Waals surface area contributed by atoms with Crippen LogP contribution in [0.15, 0.2) is 255 Å². The van der Waals surface area contributed by atoms with Crippen LogP contribution in [0, 0.1) is 227 Å². The minimum Gasteiger partial charge on any atom is -0.0616 e. The summed E-state index contributed by atoms with van der Waals surface area (Å²) >= 11 is 0. The van der Waals surface area contributed by atoms with Gasteiger partial charge in [0.05, 0.1) is 33.4 Å². The van der Waals surface area contributed by atoms with E-state index in [0.29, 0.717) is 33.4 Å². The lowest BCUT2D eigenvalue weighted by atomic mass is 9.86. The van der Waals surface area contributed by atoms with E-state index in [4.69, 9.17) is 0 Å². The second-order valence-electron chi connectivity index (χ2n) is 29.0. The molecule has 0 N–H and O–H groups in total. The summed E-state index contributed by atoms with van der Waals surface area (Å²) in [6.45, 7) is 24.9. The predicted octanol–water partition coefficient (Wildman–Crippen LogP) is 25.1. The molecule has 14 aromatic carbocycles. The van der Waals surface area contributed by atoms with E-state index in [-0.39, 0.29) is 0 Å². The summed E-state index contributed by atoms with van der Waals surface area (Å²) in [5.74, 6) is 42.2. The molecule has 0 aromatic heterocycles. The molecule has 0 atom stereocenters. The van der Waals surface area contributed by atoms with Crippen molar-refractivity contribution in [2.45, 2.75) is 83.1 Å². The number of hydrogen-bond donors (Lipinski definition) is 0. The first kappa shape index (κ1) is 76.8. The molecule has 0 radical (unpaired) electrons. The molecule has 114 heavy (non-hydrogen) atoms. The van der Waals surface area contributed by atoms with Gasteiger partial charge in [-0.1, -0.05) is 250 Å². The average molecular weight is 1450 g/mol. The van der Waals surface area contributed by atoms with E-state index in [1.165, 1.54) is 0 Å². The van der Waals surface area contributed by atoms with Gasteiger partial charge in [0.1, 0.15) is 0 Å². The van der Waals surface area contributed by atoms with Crippen LogP contribution in [0.3, 0.4) is 0 Å². The van der Waals surface area contributed by atoms with E-state index in [0.717, 1.165) is 165 Å². The molecule has 12 bridgehead atoms. The summed E-state index contributed by atoms with van der Waals surface area (Å²) in [5.41, 5.74) is 22.8. The van der Waals surface area contributed by atoms with Crippen LogP contribution in [0.5, 0.6) is 0 Å².